The third kappa shape index (κ3) is 29.6. The van der Waals surface area contributed by atoms with Crippen LogP contribution in [0.15, 0.2) is 0 Å². The highest BCUT2D eigenvalue weighted by Crippen LogP contribution is 2.43. The summed E-state index contributed by atoms with van der Waals surface area (Å²) in [7, 11) is -4.69. The number of rotatable bonds is 33. The molecule has 0 aliphatic heterocycles. The Balaban J connectivity index is 4.45. The van der Waals surface area contributed by atoms with E-state index in [1.54, 1.807) is 0 Å². The number of unbranched alkanes of at least 4 members (excludes halogenated alkanes) is 19. The number of phosphoric acid groups is 1. The third-order valence-corrected chi connectivity index (χ3v) is 8.56. The number of nitrogens with two attached hydrogens (primary N) is 1. The highest BCUT2D eigenvalue weighted by atomic mass is 31.2. The summed E-state index contributed by atoms with van der Waals surface area (Å²) in [6.07, 6.45) is 23.3. The molecule has 3 unspecified atom stereocenters. The van der Waals surface area contributed by atoms with Gasteiger partial charge in [0.2, 0.25) is 0 Å². The van der Waals surface area contributed by atoms with Crippen molar-refractivity contribution in [3.8, 4) is 0 Å². The summed E-state index contributed by atoms with van der Waals surface area (Å²) in [5.74, 6) is -2.37. The molecule has 0 saturated heterocycles. The number of carbonyl (C=O) groups is 3. The van der Waals surface area contributed by atoms with Crippen LogP contribution in [0, 0.1) is 0 Å². The molecule has 3 atom stereocenters. The number of carboxylic acid groups (broad SMARTS) is 1. The van der Waals surface area contributed by atoms with Gasteiger partial charge in [0.25, 0.3) is 0 Å². The van der Waals surface area contributed by atoms with Gasteiger partial charge in [0.05, 0.1) is 13.2 Å². The van der Waals surface area contributed by atoms with E-state index in [1.807, 2.05) is 0 Å². The summed E-state index contributed by atoms with van der Waals surface area (Å²) in [5.41, 5.74) is 5.30. The van der Waals surface area contributed by atoms with E-state index in [9.17, 15) is 23.8 Å². The van der Waals surface area contributed by atoms with Gasteiger partial charge in [0.15, 0.2) is 6.10 Å². The molecule has 12 heteroatoms. The Morgan fingerprint density at radius 2 is 0.978 bits per heavy atom. The molecular formula is C33H64NO10P. The molecule has 0 aromatic carbocycles. The van der Waals surface area contributed by atoms with Crippen LogP contribution >= 0.6 is 7.82 Å². The van der Waals surface area contributed by atoms with Gasteiger partial charge >= 0.3 is 25.7 Å². The summed E-state index contributed by atoms with van der Waals surface area (Å²) in [6, 6.07) is -1.51. The van der Waals surface area contributed by atoms with Gasteiger partial charge < -0.3 is 25.2 Å². The van der Waals surface area contributed by atoms with Crippen molar-refractivity contribution in [1.29, 1.82) is 0 Å². The van der Waals surface area contributed by atoms with E-state index < -0.39 is 51.1 Å². The van der Waals surface area contributed by atoms with Gasteiger partial charge in [0.1, 0.15) is 12.6 Å². The second kappa shape index (κ2) is 29.9. The quantitative estimate of drug-likeness (QED) is 0.0352. The summed E-state index contributed by atoms with van der Waals surface area (Å²) >= 11 is 0. The van der Waals surface area contributed by atoms with Crippen LogP contribution in [0.25, 0.3) is 0 Å². The molecule has 0 heterocycles. The van der Waals surface area contributed by atoms with Crippen LogP contribution in [0.5, 0.6) is 0 Å². The molecule has 0 aromatic rings. The lowest BCUT2D eigenvalue weighted by atomic mass is 10.0. The van der Waals surface area contributed by atoms with Crippen LogP contribution in [0.1, 0.15) is 162 Å². The first kappa shape index (κ1) is 43.5. The molecule has 0 aromatic heterocycles. The van der Waals surface area contributed by atoms with Crippen LogP contribution in [-0.4, -0.2) is 59.9 Å². The molecule has 11 nitrogen and oxygen atoms in total. The van der Waals surface area contributed by atoms with E-state index in [1.165, 1.54) is 83.5 Å². The Hall–Kier alpha value is -1.52. The largest absolute Gasteiger partial charge is 0.480 e. The lowest BCUT2D eigenvalue weighted by Gasteiger charge is -2.20. The van der Waals surface area contributed by atoms with Crippen molar-refractivity contribution in [1.82, 2.24) is 0 Å². The van der Waals surface area contributed by atoms with Crippen molar-refractivity contribution in [3.05, 3.63) is 0 Å². The van der Waals surface area contributed by atoms with Crippen LogP contribution in [-0.2, 0) is 37.5 Å². The Labute approximate surface area is 272 Å². The maximum atomic E-state index is 12.5. The topological polar surface area (TPSA) is 172 Å². The maximum absolute atomic E-state index is 12.5. The molecule has 0 amide bonds. The van der Waals surface area contributed by atoms with Crippen molar-refractivity contribution in [2.24, 2.45) is 5.73 Å². The first-order chi connectivity index (χ1) is 21.6. The van der Waals surface area contributed by atoms with Crippen LogP contribution in [0.3, 0.4) is 0 Å². The van der Waals surface area contributed by atoms with Gasteiger partial charge in [-0.05, 0) is 12.8 Å². The number of hydrogen-bond donors (Lipinski definition) is 3. The van der Waals surface area contributed by atoms with Crippen molar-refractivity contribution in [2.45, 2.75) is 174 Å². The Bertz CT molecular complexity index is 797. The average molecular weight is 666 g/mol. The van der Waals surface area contributed by atoms with Gasteiger partial charge in [-0.25, -0.2) is 4.57 Å². The molecule has 45 heavy (non-hydrogen) atoms. The molecule has 0 spiro atoms. The molecule has 266 valence electrons. The van der Waals surface area contributed by atoms with Gasteiger partial charge in [-0.2, -0.15) is 0 Å². The van der Waals surface area contributed by atoms with E-state index in [0.29, 0.717) is 12.8 Å². The highest BCUT2D eigenvalue weighted by Gasteiger charge is 2.28. The van der Waals surface area contributed by atoms with E-state index in [-0.39, 0.29) is 19.4 Å². The minimum Gasteiger partial charge on any atom is -0.480 e. The summed E-state index contributed by atoms with van der Waals surface area (Å²) in [5, 5.41) is 8.82. The molecule has 0 aliphatic rings. The molecular weight excluding hydrogens is 601 g/mol. The summed E-state index contributed by atoms with van der Waals surface area (Å²) < 4.78 is 32.4. The van der Waals surface area contributed by atoms with E-state index in [4.69, 9.17) is 24.8 Å². The molecule has 0 radical (unpaired) electrons. The van der Waals surface area contributed by atoms with Crippen molar-refractivity contribution in [2.75, 3.05) is 19.8 Å². The SMILES string of the molecule is CCCCCCCCCCCCCCCC(=O)OC(COC(=O)CCCCCCCCCC)COP(=O)(O)OCC(N)C(=O)O. The second-order valence-corrected chi connectivity index (χ2v) is 13.5. The van der Waals surface area contributed by atoms with Crippen molar-refractivity contribution in [3.63, 3.8) is 0 Å². The fourth-order valence-electron chi connectivity index (χ4n) is 4.77. The zero-order valence-corrected chi connectivity index (χ0v) is 29.1. The number of carbonyl (C=O) groups excluding carboxylic acids is 2. The van der Waals surface area contributed by atoms with E-state index in [0.717, 1.165) is 38.5 Å². The average Bonchev–Trinajstić information content (AvgIpc) is 3.00. The standard InChI is InChI=1S/C33H64NO10P/c1-3-5-7-9-11-13-14-15-16-17-19-21-23-25-32(36)44-29(27-42-45(39,40)43-28-30(34)33(37)38)26-41-31(35)24-22-20-18-12-10-8-6-4-2/h29-30H,3-28,34H2,1-2H3,(H,37,38)(H,39,40). The number of carboxylic acids is 1. The molecule has 0 fully saturated rings. The smallest absolute Gasteiger partial charge is 0.472 e. The third-order valence-electron chi connectivity index (χ3n) is 7.61. The lowest BCUT2D eigenvalue weighted by Crippen LogP contribution is -2.34. The Kier molecular flexibility index (Phi) is 28.8. The van der Waals surface area contributed by atoms with E-state index in [2.05, 4.69) is 18.4 Å². The van der Waals surface area contributed by atoms with Crippen LogP contribution < -0.4 is 5.73 Å². The van der Waals surface area contributed by atoms with Gasteiger partial charge in [0, 0.05) is 12.8 Å². The fraction of sp³-hybridized carbons (Fsp3) is 0.909. The van der Waals surface area contributed by atoms with Crippen molar-refractivity contribution < 1.29 is 47.5 Å². The fourth-order valence-corrected chi connectivity index (χ4v) is 5.55. The highest BCUT2D eigenvalue weighted by molar-refractivity contribution is 7.47. The molecule has 0 bridgehead atoms. The number of phosphoric ester groups is 1. The van der Waals surface area contributed by atoms with Gasteiger partial charge in [-0.3, -0.25) is 23.4 Å². The lowest BCUT2D eigenvalue weighted by molar-refractivity contribution is -0.161. The predicted molar refractivity (Wildman–Crippen MR) is 176 cm³/mol. The molecule has 0 rings (SSSR count). The first-order valence-electron chi connectivity index (χ1n) is 17.6. The maximum Gasteiger partial charge on any atom is 0.472 e. The number of esters is 2. The molecule has 0 saturated carbocycles. The van der Waals surface area contributed by atoms with Crippen LogP contribution in [0.4, 0.5) is 0 Å². The minimum atomic E-state index is -4.69. The summed E-state index contributed by atoms with van der Waals surface area (Å²) in [6.45, 7) is 2.74. The van der Waals surface area contributed by atoms with Gasteiger partial charge in [-0.1, -0.05) is 136 Å². The summed E-state index contributed by atoms with van der Waals surface area (Å²) in [4.78, 5) is 45.5. The second-order valence-electron chi connectivity index (χ2n) is 12.0. The first-order valence-corrected chi connectivity index (χ1v) is 19.1. The minimum absolute atomic E-state index is 0.168. The van der Waals surface area contributed by atoms with E-state index >= 15 is 0 Å². The zero-order valence-electron chi connectivity index (χ0n) is 28.2. The molecule has 0 aliphatic carbocycles. The van der Waals surface area contributed by atoms with Gasteiger partial charge in [-0.15, -0.1) is 0 Å². The zero-order chi connectivity index (χ0) is 33.6. The monoisotopic (exact) mass is 665 g/mol. The van der Waals surface area contributed by atoms with Crippen molar-refractivity contribution >= 4 is 25.7 Å². The molecule has 4 N–H and O–H groups in total. The Morgan fingerprint density at radius 3 is 1.40 bits per heavy atom. The predicted octanol–water partition coefficient (Wildman–Crippen LogP) is 8.00. The number of hydrogen-bond acceptors (Lipinski definition) is 9. The Morgan fingerprint density at radius 1 is 0.600 bits per heavy atom. The van der Waals surface area contributed by atoms with Crippen LogP contribution in [0.2, 0.25) is 0 Å². The number of ether oxygens (including phenoxy) is 2. The normalized spacial score (nSPS) is 14.0. The number of aliphatic carboxylic acids is 1.